The summed E-state index contributed by atoms with van der Waals surface area (Å²) in [7, 11) is -2.10. The molecule has 0 radical (unpaired) electrons. The number of aryl methyl sites for hydroxylation is 1. The van der Waals surface area contributed by atoms with Crippen LogP contribution in [0, 0.1) is 12.8 Å². The van der Waals surface area contributed by atoms with Gasteiger partial charge in [-0.1, -0.05) is 29.8 Å². The van der Waals surface area contributed by atoms with E-state index in [9.17, 15) is 13.2 Å². The molecule has 0 saturated carbocycles. The quantitative estimate of drug-likeness (QED) is 0.784. The Balaban J connectivity index is 1.67. The van der Waals surface area contributed by atoms with Gasteiger partial charge in [0.1, 0.15) is 5.75 Å². The van der Waals surface area contributed by atoms with Gasteiger partial charge in [-0.25, -0.2) is 8.42 Å². The van der Waals surface area contributed by atoms with Gasteiger partial charge in [0.05, 0.1) is 24.0 Å². The van der Waals surface area contributed by atoms with Crippen molar-refractivity contribution in [2.24, 2.45) is 5.92 Å². The molecule has 1 saturated heterocycles. The van der Waals surface area contributed by atoms with Crippen LogP contribution in [0.2, 0.25) is 0 Å². The summed E-state index contributed by atoms with van der Waals surface area (Å²) in [5.41, 5.74) is 2.20. The van der Waals surface area contributed by atoms with Crippen LogP contribution in [0.15, 0.2) is 53.4 Å². The molecule has 3 rings (SSSR count). The van der Waals surface area contributed by atoms with E-state index < -0.39 is 10.0 Å². The lowest BCUT2D eigenvalue weighted by atomic mass is 9.97. The van der Waals surface area contributed by atoms with Crippen molar-refractivity contribution in [2.45, 2.75) is 37.6 Å². The second kappa shape index (κ2) is 8.97. The molecule has 1 N–H and O–H groups in total. The van der Waals surface area contributed by atoms with Crippen LogP contribution in [0.4, 0.5) is 0 Å². The molecular formula is C22H28N2O4S. The number of piperidine rings is 1. The molecule has 1 aliphatic rings. The lowest BCUT2D eigenvalue weighted by molar-refractivity contribution is -0.126. The van der Waals surface area contributed by atoms with Gasteiger partial charge in [-0.3, -0.25) is 4.79 Å². The molecule has 6 nitrogen and oxygen atoms in total. The SMILES string of the molecule is COc1ccc(S(=O)(=O)N2CCC[C@H](C(=O)N[C@@H](C)c3ccc(C)cc3)C2)cc1. The lowest BCUT2D eigenvalue weighted by Gasteiger charge is -2.32. The molecule has 1 amide bonds. The number of sulfonamides is 1. The summed E-state index contributed by atoms with van der Waals surface area (Å²) in [4.78, 5) is 13.0. The molecule has 0 unspecified atom stereocenters. The fourth-order valence-electron chi connectivity index (χ4n) is 3.54. The number of rotatable bonds is 6. The number of carbonyl (C=O) groups is 1. The molecule has 0 bridgehead atoms. The number of amides is 1. The first kappa shape index (κ1) is 21.3. The van der Waals surface area contributed by atoms with E-state index in [0.29, 0.717) is 25.1 Å². The van der Waals surface area contributed by atoms with Crippen molar-refractivity contribution < 1.29 is 17.9 Å². The molecular weight excluding hydrogens is 388 g/mol. The molecule has 1 fully saturated rings. The predicted molar refractivity (Wildman–Crippen MR) is 112 cm³/mol. The monoisotopic (exact) mass is 416 g/mol. The Morgan fingerprint density at radius 3 is 2.41 bits per heavy atom. The van der Waals surface area contributed by atoms with Crippen molar-refractivity contribution >= 4 is 15.9 Å². The second-order valence-corrected chi connectivity index (χ2v) is 9.46. The number of hydrogen-bond donors (Lipinski definition) is 1. The molecule has 0 aromatic heterocycles. The highest BCUT2D eigenvalue weighted by atomic mass is 32.2. The van der Waals surface area contributed by atoms with E-state index in [2.05, 4.69) is 5.32 Å². The molecule has 7 heteroatoms. The number of nitrogens with zero attached hydrogens (tertiary/aromatic N) is 1. The Bertz CT molecular complexity index is 940. The minimum Gasteiger partial charge on any atom is -0.497 e. The third-order valence-electron chi connectivity index (χ3n) is 5.39. The topological polar surface area (TPSA) is 75.7 Å². The van der Waals surface area contributed by atoms with Crippen molar-refractivity contribution in [1.82, 2.24) is 9.62 Å². The zero-order valence-electron chi connectivity index (χ0n) is 17.1. The van der Waals surface area contributed by atoms with Crippen LogP contribution in [0.5, 0.6) is 5.75 Å². The first-order valence-corrected chi connectivity index (χ1v) is 11.3. The second-order valence-electron chi connectivity index (χ2n) is 7.52. The molecule has 1 aliphatic heterocycles. The third-order valence-corrected chi connectivity index (χ3v) is 7.27. The highest BCUT2D eigenvalue weighted by Gasteiger charge is 2.33. The van der Waals surface area contributed by atoms with Gasteiger partial charge in [0.15, 0.2) is 0 Å². The smallest absolute Gasteiger partial charge is 0.243 e. The standard InChI is InChI=1S/C22H28N2O4S/c1-16-6-8-18(9-7-16)17(2)23-22(25)19-5-4-14-24(15-19)29(26,27)21-12-10-20(28-3)11-13-21/h6-13,17,19H,4-5,14-15H2,1-3H3,(H,23,25)/t17-,19-/m0/s1. The zero-order valence-corrected chi connectivity index (χ0v) is 17.9. The highest BCUT2D eigenvalue weighted by Crippen LogP contribution is 2.26. The summed E-state index contributed by atoms with van der Waals surface area (Å²) in [5.74, 6) is 0.141. The number of methoxy groups -OCH3 is 1. The van der Waals surface area contributed by atoms with Crippen LogP contribution < -0.4 is 10.1 Å². The van der Waals surface area contributed by atoms with Gasteiger partial charge in [0.25, 0.3) is 0 Å². The fraction of sp³-hybridized carbons (Fsp3) is 0.409. The number of carbonyl (C=O) groups excluding carboxylic acids is 1. The number of benzene rings is 2. The molecule has 29 heavy (non-hydrogen) atoms. The van der Waals surface area contributed by atoms with E-state index >= 15 is 0 Å². The fourth-order valence-corrected chi connectivity index (χ4v) is 5.07. The van der Waals surface area contributed by atoms with Crippen molar-refractivity contribution in [2.75, 3.05) is 20.2 Å². The van der Waals surface area contributed by atoms with Gasteiger partial charge in [-0.05, 0) is 56.5 Å². The van der Waals surface area contributed by atoms with Crippen molar-refractivity contribution in [1.29, 1.82) is 0 Å². The van der Waals surface area contributed by atoms with Crippen molar-refractivity contribution in [3.63, 3.8) is 0 Å². The Morgan fingerprint density at radius 2 is 1.79 bits per heavy atom. The minimum atomic E-state index is -3.64. The number of nitrogens with one attached hydrogen (secondary N) is 1. The van der Waals surface area contributed by atoms with Gasteiger partial charge in [-0.15, -0.1) is 0 Å². The van der Waals surface area contributed by atoms with Crippen LogP contribution >= 0.6 is 0 Å². The maximum absolute atomic E-state index is 13.0. The van der Waals surface area contributed by atoms with E-state index in [4.69, 9.17) is 4.74 Å². The summed E-state index contributed by atoms with van der Waals surface area (Å²) in [5, 5.41) is 3.04. The van der Waals surface area contributed by atoms with E-state index in [1.54, 1.807) is 12.1 Å². The summed E-state index contributed by atoms with van der Waals surface area (Å²) in [6, 6.07) is 14.2. The number of hydrogen-bond acceptors (Lipinski definition) is 4. The predicted octanol–water partition coefficient (Wildman–Crippen LogP) is 3.28. The Kier molecular flexibility index (Phi) is 6.59. The summed E-state index contributed by atoms with van der Waals surface area (Å²) in [6.45, 7) is 4.58. The molecule has 2 aromatic rings. The molecule has 0 aliphatic carbocycles. The van der Waals surface area contributed by atoms with Crippen LogP contribution in [0.1, 0.15) is 36.9 Å². The summed E-state index contributed by atoms with van der Waals surface area (Å²) >= 11 is 0. The van der Waals surface area contributed by atoms with E-state index in [1.807, 2.05) is 38.1 Å². The first-order valence-electron chi connectivity index (χ1n) is 9.82. The highest BCUT2D eigenvalue weighted by molar-refractivity contribution is 7.89. The maximum atomic E-state index is 13.0. The molecule has 0 spiro atoms. The van der Waals surface area contributed by atoms with Crippen LogP contribution in [0.3, 0.4) is 0 Å². The van der Waals surface area contributed by atoms with Crippen LogP contribution in [-0.2, 0) is 14.8 Å². The third kappa shape index (κ3) is 4.97. The zero-order chi connectivity index (χ0) is 21.0. The van der Waals surface area contributed by atoms with E-state index in [1.165, 1.54) is 29.1 Å². The summed E-state index contributed by atoms with van der Waals surface area (Å²) < 4.78 is 32.5. The van der Waals surface area contributed by atoms with Crippen molar-refractivity contribution in [3.05, 3.63) is 59.7 Å². The van der Waals surface area contributed by atoms with Crippen LogP contribution in [-0.4, -0.2) is 38.8 Å². The van der Waals surface area contributed by atoms with Crippen LogP contribution in [0.25, 0.3) is 0 Å². The molecule has 2 aromatic carbocycles. The van der Waals surface area contributed by atoms with Crippen molar-refractivity contribution in [3.8, 4) is 5.75 Å². The average molecular weight is 417 g/mol. The van der Waals surface area contributed by atoms with Gasteiger partial charge >= 0.3 is 0 Å². The largest absolute Gasteiger partial charge is 0.497 e. The van der Waals surface area contributed by atoms with Gasteiger partial charge < -0.3 is 10.1 Å². The van der Waals surface area contributed by atoms with E-state index in [-0.39, 0.29) is 29.3 Å². The Labute approximate surface area is 172 Å². The molecule has 2 atom stereocenters. The lowest BCUT2D eigenvalue weighted by Crippen LogP contribution is -2.45. The minimum absolute atomic E-state index is 0.104. The average Bonchev–Trinajstić information content (AvgIpc) is 2.74. The van der Waals surface area contributed by atoms with Gasteiger partial charge in [0, 0.05) is 13.1 Å². The molecule has 1 heterocycles. The Morgan fingerprint density at radius 1 is 1.14 bits per heavy atom. The summed E-state index contributed by atoms with van der Waals surface area (Å²) in [6.07, 6.45) is 1.34. The van der Waals surface area contributed by atoms with E-state index in [0.717, 1.165) is 5.56 Å². The maximum Gasteiger partial charge on any atom is 0.243 e. The Hall–Kier alpha value is -2.38. The number of ether oxygens (including phenoxy) is 1. The van der Waals surface area contributed by atoms with Gasteiger partial charge in [0.2, 0.25) is 15.9 Å². The van der Waals surface area contributed by atoms with Gasteiger partial charge in [-0.2, -0.15) is 4.31 Å². The molecule has 156 valence electrons. The first-order chi connectivity index (χ1) is 13.8. The normalized spacial score (nSPS) is 18.8.